The number of aliphatic hydroxyl groups is 1. The van der Waals surface area contributed by atoms with Crippen molar-refractivity contribution in [3.63, 3.8) is 0 Å². The van der Waals surface area contributed by atoms with E-state index >= 15 is 0 Å². The van der Waals surface area contributed by atoms with Crippen molar-refractivity contribution in [1.29, 1.82) is 0 Å². The third-order valence-electron chi connectivity index (χ3n) is 2.84. The predicted molar refractivity (Wildman–Crippen MR) is 75.1 cm³/mol. The Kier molecular flexibility index (Phi) is 6.38. The Balaban J connectivity index is 2.77. The Morgan fingerprint density at radius 3 is 2.35 bits per heavy atom. The molecule has 0 bridgehead atoms. The number of hydrogen-bond acceptors (Lipinski definition) is 3. The molecule has 0 aliphatic heterocycles. The maximum absolute atomic E-state index is 12.9. The highest BCUT2D eigenvalue weighted by Crippen LogP contribution is 2.27. The molecule has 0 radical (unpaired) electrons. The third kappa shape index (κ3) is 5.44. The van der Waals surface area contributed by atoms with Crippen LogP contribution in [0.15, 0.2) is 30.3 Å². The van der Waals surface area contributed by atoms with Crippen molar-refractivity contribution in [2.24, 2.45) is 11.7 Å². The van der Waals surface area contributed by atoms with Crippen molar-refractivity contribution in [3.05, 3.63) is 35.9 Å². The topological polar surface area (TPSA) is 49.5 Å². The fourth-order valence-corrected chi connectivity index (χ4v) is 2.04. The van der Waals surface area contributed by atoms with Gasteiger partial charge in [-0.2, -0.15) is 13.2 Å². The maximum Gasteiger partial charge on any atom is 0.399 e. The molecule has 112 valence electrons. The summed E-state index contributed by atoms with van der Waals surface area (Å²) in [7, 11) is 0. The van der Waals surface area contributed by atoms with Gasteiger partial charge in [-0.15, -0.1) is 0 Å². The van der Waals surface area contributed by atoms with Crippen molar-refractivity contribution >= 4 is 17.2 Å². The van der Waals surface area contributed by atoms with E-state index in [1.54, 1.807) is 12.1 Å². The second kappa shape index (κ2) is 7.56. The van der Waals surface area contributed by atoms with Gasteiger partial charge in [0.1, 0.15) is 5.92 Å². The number of alkyl halides is 3. The number of hydrogen-bond donors (Lipinski definition) is 2. The van der Waals surface area contributed by atoms with Crippen LogP contribution in [0.4, 0.5) is 13.2 Å². The number of nitrogens with two attached hydrogens (primary N) is 1. The van der Waals surface area contributed by atoms with Crippen molar-refractivity contribution < 1.29 is 18.3 Å². The molecule has 1 aromatic rings. The van der Waals surface area contributed by atoms with E-state index in [2.05, 4.69) is 12.2 Å². The van der Waals surface area contributed by atoms with Gasteiger partial charge in [0.25, 0.3) is 0 Å². The summed E-state index contributed by atoms with van der Waals surface area (Å²) in [6.45, 7) is -0.149. The quantitative estimate of drug-likeness (QED) is 0.756. The molecule has 0 heterocycles. The van der Waals surface area contributed by atoms with Gasteiger partial charge in [0, 0.05) is 19.6 Å². The fourth-order valence-electron chi connectivity index (χ4n) is 1.83. The normalized spacial score (nSPS) is 13.4. The first-order valence-electron chi connectivity index (χ1n) is 6.07. The van der Waals surface area contributed by atoms with Gasteiger partial charge in [0.05, 0.1) is 11.6 Å². The van der Waals surface area contributed by atoms with Crippen LogP contribution in [-0.4, -0.2) is 40.9 Å². The second-order valence-corrected chi connectivity index (χ2v) is 4.91. The minimum Gasteiger partial charge on any atom is -0.395 e. The fraction of sp³-hybridized carbons (Fsp3) is 0.462. The molecule has 3 nitrogen and oxygen atoms in total. The van der Waals surface area contributed by atoms with Crippen LogP contribution in [0.1, 0.15) is 5.56 Å². The molecule has 0 aromatic heterocycles. The molecule has 0 saturated heterocycles. The smallest absolute Gasteiger partial charge is 0.395 e. The summed E-state index contributed by atoms with van der Waals surface area (Å²) >= 11 is 4.50. The number of benzene rings is 1. The minimum atomic E-state index is -4.48. The summed E-state index contributed by atoms with van der Waals surface area (Å²) in [6.07, 6.45) is -4.48. The molecule has 0 aliphatic carbocycles. The van der Waals surface area contributed by atoms with Crippen molar-refractivity contribution in [2.75, 3.05) is 19.7 Å². The zero-order valence-electron chi connectivity index (χ0n) is 10.8. The summed E-state index contributed by atoms with van der Waals surface area (Å²) in [6, 6.07) is 9.07. The van der Waals surface area contributed by atoms with Crippen LogP contribution in [-0.2, 0) is 6.54 Å². The number of nitrogens with zero attached hydrogens (tertiary/aromatic N) is 1. The van der Waals surface area contributed by atoms with Crippen LogP contribution in [0.2, 0.25) is 0 Å². The average molecular weight is 306 g/mol. The summed E-state index contributed by atoms with van der Waals surface area (Å²) in [5.41, 5.74) is 6.05. The van der Waals surface area contributed by atoms with Crippen LogP contribution < -0.4 is 5.73 Å². The molecule has 1 rings (SSSR count). The number of thiocarbonyl (C=S) groups is 1. The molecule has 0 saturated carbocycles. The van der Waals surface area contributed by atoms with Gasteiger partial charge in [-0.25, -0.2) is 0 Å². The third-order valence-corrected chi connectivity index (χ3v) is 3.13. The summed E-state index contributed by atoms with van der Waals surface area (Å²) in [5.74, 6) is -1.87. The summed E-state index contributed by atoms with van der Waals surface area (Å²) in [5, 5.41) is 8.98. The van der Waals surface area contributed by atoms with E-state index in [0.717, 1.165) is 5.56 Å². The second-order valence-electron chi connectivity index (χ2n) is 4.44. The van der Waals surface area contributed by atoms with Crippen LogP contribution >= 0.6 is 12.2 Å². The van der Waals surface area contributed by atoms with E-state index in [1.807, 2.05) is 18.2 Å². The molecule has 0 spiro atoms. The van der Waals surface area contributed by atoms with Crippen LogP contribution in [0.25, 0.3) is 0 Å². The number of halogens is 3. The lowest BCUT2D eigenvalue weighted by molar-refractivity contribution is -0.159. The van der Waals surface area contributed by atoms with Gasteiger partial charge in [-0.3, -0.25) is 4.90 Å². The first-order valence-corrected chi connectivity index (χ1v) is 6.48. The molecule has 1 unspecified atom stereocenters. The van der Waals surface area contributed by atoms with E-state index in [-0.39, 0.29) is 19.7 Å². The summed E-state index contributed by atoms with van der Waals surface area (Å²) in [4.78, 5) is 0.917. The van der Waals surface area contributed by atoms with Gasteiger partial charge in [0.2, 0.25) is 0 Å². The standard InChI is InChI=1S/C13H17F3N2OS/c14-13(15,16)11(12(17)20)9-18(6-7-19)8-10-4-2-1-3-5-10/h1-5,11,19H,6-9H2,(H2,17,20). The Hall–Kier alpha value is -1.18. The Morgan fingerprint density at radius 1 is 1.30 bits per heavy atom. The van der Waals surface area contributed by atoms with E-state index in [4.69, 9.17) is 10.8 Å². The molecule has 0 aliphatic rings. The SMILES string of the molecule is NC(=S)C(CN(CCO)Cc1ccccc1)C(F)(F)F. The first kappa shape index (κ1) is 16.9. The monoisotopic (exact) mass is 306 g/mol. The molecule has 1 atom stereocenters. The molecular weight excluding hydrogens is 289 g/mol. The predicted octanol–water partition coefficient (Wildman–Crippen LogP) is 1.95. The number of rotatable bonds is 7. The van der Waals surface area contributed by atoms with Gasteiger partial charge in [-0.1, -0.05) is 42.5 Å². The van der Waals surface area contributed by atoms with Gasteiger partial charge in [-0.05, 0) is 5.56 Å². The van der Waals surface area contributed by atoms with Gasteiger partial charge in [0.15, 0.2) is 0 Å². The largest absolute Gasteiger partial charge is 0.399 e. The Morgan fingerprint density at radius 2 is 1.90 bits per heavy atom. The Labute approximate surface area is 121 Å². The maximum atomic E-state index is 12.9. The van der Waals surface area contributed by atoms with Crippen molar-refractivity contribution in [3.8, 4) is 0 Å². The first-order chi connectivity index (χ1) is 9.34. The molecule has 7 heteroatoms. The van der Waals surface area contributed by atoms with E-state index in [1.165, 1.54) is 4.90 Å². The molecule has 1 aromatic carbocycles. The van der Waals surface area contributed by atoms with E-state index in [9.17, 15) is 13.2 Å². The van der Waals surface area contributed by atoms with E-state index < -0.39 is 17.1 Å². The van der Waals surface area contributed by atoms with Crippen molar-refractivity contribution in [1.82, 2.24) is 4.90 Å². The molecule has 20 heavy (non-hydrogen) atoms. The zero-order valence-corrected chi connectivity index (χ0v) is 11.6. The molecular formula is C13H17F3N2OS. The van der Waals surface area contributed by atoms with Gasteiger partial charge >= 0.3 is 6.18 Å². The lowest BCUT2D eigenvalue weighted by Crippen LogP contribution is -2.44. The zero-order chi connectivity index (χ0) is 15.2. The van der Waals surface area contributed by atoms with Crippen LogP contribution in [0.5, 0.6) is 0 Å². The van der Waals surface area contributed by atoms with Crippen molar-refractivity contribution in [2.45, 2.75) is 12.7 Å². The molecule has 0 fully saturated rings. The Bertz CT molecular complexity index is 425. The highest BCUT2D eigenvalue weighted by molar-refractivity contribution is 7.80. The molecule has 0 amide bonds. The van der Waals surface area contributed by atoms with Gasteiger partial charge < -0.3 is 10.8 Å². The minimum absolute atomic E-state index is 0.129. The highest BCUT2D eigenvalue weighted by Gasteiger charge is 2.42. The number of aliphatic hydroxyl groups excluding tert-OH is 1. The highest BCUT2D eigenvalue weighted by atomic mass is 32.1. The lowest BCUT2D eigenvalue weighted by atomic mass is 10.1. The van der Waals surface area contributed by atoms with Crippen LogP contribution in [0.3, 0.4) is 0 Å². The van der Waals surface area contributed by atoms with E-state index in [0.29, 0.717) is 6.54 Å². The average Bonchev–Trinajstić information content (AvgIpc) is 2.35. The lowest BCUT2D eigenvalue weighted by Gasteiger charge is -2.27. The molecule has 3 N–H and O–H groups in total. The van der Waals surface area contributed by atoms with Crippen LogP contribution in [0, 0.1) is 5.92 Å². The summed E-state index contributed by atoms with van der Waals surface area (Å²) < 4.78 is 38.6.